The van der Waals surface area contributed by atoms with Crippen LogP contribution in [0.25, 0.3) is 11.6 Å². The number of aromatic nitrogens is 4. The van der Waals surface area contributed by atoms with E-state index in [1.54, 1.807) is 31.4 Å². The van der Waals surface area contributed by atoms with Crippen molar-refractivity contribution >= 4 is 11.8 Å². The predicted octanol–water partition coefficient (Wildman–Crippen LogP) is 4.37. The van der Waals surface area contributed by atoms with E-state index < -0.39 is 6.04 Å². The van der Waals surface area contributed by atoms with Gasteiger partial charge in [-0.05, 0) is 73.9 Å². The summed E-state index contributed by atoms with van der Waals surface area (Å²) in [6.45, 7) is 3.57. The number of aryl methyl sites for hydroxylation is 2. The number of amides is 2. The second-order valence-electron chi connectivity index (χ2n) is 10.1. The number of hydrogen-bond acceptors (Lipinski definition) is 8. The number of nitrogens with one attached hydrogen (secondary N) is 1. The first-order valence-corrected chi connectivity index (χ1v) is 13.5. The second-order valence-corrected chi connectivity index (χ2v) is 10.1. The highest BCUT2D eigenvalue weighted by molar-refractivity contribution is 5.88. The molecular formula is C29H34N6O5. The van der Waals surface area contributed by atoms with E-state index in [9.17, 15) is 9.59 Å². The quantitative estimate of drug-likeness (QED) is 0.311. The average Bonchev–Trinajstić information content (AvgIpc) is 3.71. The summed E-state index contributed by atoms with van der Waals surface area (Å²) in [5, 5.41) is 15.6. The van der Waals surface area contributed by atoms with Crippen molar-refractivity contribution in [1.82, 2.24) is 30.4 Å². The van der Waals surface area contributed by atoms with Gasteiger partial charge in [0, 0.05) is 12.6 Å². The molecule has 0 saturated heterocycles. The fourth-order valence-corrected chi connectivity index (χ4v) is 4.98. The van der Waals surface area contributed by atoms with Gasteiger partial charge in [0.15, 0.2) is 11.8 Å². The summed E-state index contributed by atoms with van der Waals surface area (Å²) in [5.74, 6) is 2.55. The Hall–Kier alpha value is -4.41. The van der Waals surface area contributed by atoms with Gasteiger partial charge in [0.05, 0.1) is 7.11 Å². The number of hydrogen-bond donors (Lipinski definition) is 1. The molecule has 40 heavy (non-hydrogen) atoms. The average molecular weight is 547 g/mol. The third-order valence-corrected chi connectivity index (χ3v) is 7.06. The van der Waals surface area contributed by atoms with Crippen molar-refractivity contribution in [3.63, 3.8) is 0 Å². The van der Waals surface area contributed by atoms with Crippen molar-refractivity contribution in [3.8, 4) is 17.3 Å². The Morgan fingerprint density at radius 1 is 1.02 bits per heavy atom. The number of benzene rings is 1. The lowest BCUT2D eigenvalue weighted by Crippen LogP contribution is -2.47. The first kappa shape index (κ1) is 27.2. The van der Waals surface area contributed by atoms with Crippen LogP contribution in [0.5, 0.6) is 5.75 Å². The zero-order chi connectivity index (χ0) is 28.1. The molecule has 0 spiro atoms. The normalized spacial score (nSPS) is 14.6. The summed E-state index contributed by atoms with van der Waals surface area (Å²) < 4.78 is 16.8. The monoisotopic (exact) mass is 546 g/mol. The number of furan rings is 2. The van der Waals surface area contributed by atoms with E-state index in [2.05, 4.69) is 20.7 Å². The van der Waals surface area contributed by atoms with Gasteiger partial charge in [-0.2, -0.15) is 4.80 Å². The van der Waals surface area contributed by atoms with Crippen molar-refractivity contribution in [2.45, 2.75) is 71.1 Å². The minimum Gasteiger partial charge on any atom is -0.497 e. The van der Waals surface area contributed by atoms with Crippen LogP contribution in [-0.2, 0) is 22.7 Å². The molecule has 3 aromatic heterocycles. The minimum atomic E-state index is -0.985. The molecule has 1 saturated carbocycles. The SMILES string of the molecule is COc1ccc(CN(C(=O)Cn2nnc(-c3ccc(C)o3)n2)[C@@H](C(=O)NC2CCCCC2)c2ccc(C)o2)cc1. The molecule has 3 heterocycles. The third-order valence-electron chi connectivity index (χ3n) is 7.06. The van der Waals surface area contributed by atoms with Gasteiger partial charge < -0.3 is 23.8 Å². The molecule has 0 unspecified atom stereocenters. The fourth-order valence-electron chi connectivity index (χ4n) is 4.98. The Morgan fingerprint density at radius 2 is 1.75 bits per heavy atom. The van der Waals surface area contributed by atoms with Crippen LogP contribution in [-0.4, -0.2) is 50.1 Å². The van der Waals surface area contributed by atoms with Crippen molar-refractivity contribution < 1.29 is 23.2 Å². The third kappa shape index (κ3) is 6.41. The molecule has 11 heteroatoms. The summed E-state index contributed by atoms with van der Waals surface area (Å²) in [4.78, 5) is 30.5. The minimum absolute atomic E-state index is 0.0639. The largest absolute Gasteiger partial charge is 0.497 e. The molecule has 2 amide bonds. The van der Waals surface area contributed by atoms with Gasteiger partial charge in [-0.3, -0.25) is 9.59 Å². The van der Waals surface area contributed by atoms with Crippen molar-refractivity contribution in [1.29, 1.82) is 0 Å². The Bertz CT molecular complexity index is 1430. The standard InChI is InChI=1S/C29H34N6O5/c1-19-9-15-24(39-19)27(29(37)30-22-7-5-4-6-8-22)34(17-21-11-13-23(38-3)14-12-21)26(36)18-35-32-28(31-33-35)25-16-10-20(2)40-25/h9-16,22,27H,4-8,17-18H2,1-3H3,(H,30,37)/t27-/m1/s1. The van der Waals surface area contributed by atoms with Crippen molar-refractivity contribution in [3.05, 3.63) is 71.4 Å². The highest BCUT2D eigenvalue weighted by atomic mass is 16.5. The van der Waals surface area contributed by atoms with E-state index in [0.29, 0.717) is 28.8 Å². The number of carbonyl (C=O) groups is 2. The Morgan fingerprint density at radius 3 is 2.40 bits per heavy atom. The maximum Gasteiger partial charge on any atom is 0.250 e. The van der Waals surface area contributed by atoms with E-state index >= 15 is 0 Å². The van der Waals surface area contributed by atoms with Crippen LogP contribution in [0.15, 0.2) is 57.4 Å². The zero-order valence-corrected chi connectivity index (χ0v) is 23.0. The van der Waals surface area contributed by atoms with E-state index in [1.807, 2.05) is 38.1 Å². The summed E-state index contributed by atoms with van der Waals surface area (Å²) in [5.41, 5.74) is 0.825. The first-order valence-electron chi connectivity index (χ1n) is 13.5. The van der Waals surface area contributed by atoms with Crippen molar-refractivity contribution in [2.75, 3.05) is 7.11 Å². The van der Waals surface area contributed by atoms with Crippen LogP contribution in [0.4, 0.5) is 0 Å². The van der Waals surface area contributed by atoms with Crippen LogP contribution in [0.3, 0.4) is 0 Å². The van der Waals surface area contributed by atoms with Gasteiger partial charge >= 0.3 is 0 Å². The molecule has 1 fully saturated rings. The van der Waals surface area contributed by atoms with Gasteiger partial charge in [0.25, 0.3) is 5.91 Å². The number of ether oxygens (including phenoxy) is 1. The maximum atomic E-state index is 13.9. The van der Waals surface area contributed by atoms with E-state index in [4.69, 9.17) is 13.6 Å². The van der Waals surface area contributed by atoms with Gasteiger partial charge in [0.1, 0.15) is 29.6 Å². The molecule has 1 aliphatic rings. The van der Waals surface area contributed by atoms with E-state index in [1.165, 1.54) is 16.1 Å². The Kier molecular flexibility index (Phi) is 8.28. The number of rotatable bonds is 10. The van der Waals surface area contributed by atoms with Crippen LogP contribution in [0.2, 0.25) is 0 Å². The summed E-state index contributed by atoms with van der Waals surface area (Å²) >= 11 is 0. The number of carbonyl (C=O) groups excluding carboxylic acids is 2. The summed E-state index contributed by atoms with van der Waals surface area (Å²) in [6, 6.07) is 13.6. The number of tetrazole rings is 1. The molecule has 0 aliphatic heterocycles. The number of nitrogens with zero attached hydrogens (tertiary/aromatic N) is 5. The molecule has 0 bridgehead atoms. The summed E-state index contributed by atoms with van der Waals surface area (Å²) in [7, 11) is 1.60. The zero-order valence-electron chi connectivity index (χ0n) is 23.0. The van der Waals surface area contributed by atoms with Gasteiger partial charge in [-0.25, -0.2) is 0 Å². The maximum absolute atomic E-state index is 13.9. The van der Waals surface area contributed by atoms with E-state index in [-0.39, 0.29) is 36.8 Å². The molecule has 1 N–H and O–H groups in total. The highest BCUT2D eigenvalue weighted by Gasteiger charge is 2.35. The lowest BCUT2D eigenvalue weighted by atomic mass is 9.95. The molecular weight excluding hydrogens is 512 g/mol. The van der Waals surface area contributed by atoms with Crippen LogP contribution >= 0.6 is 0 Å². The van der Waals surface area contributed by atoms with Gasteiger partial charge in [-0.1, -0.05) is 31.4 Å². The fraction of sp³-hybridized carbons (Fsp3) is 0.414. The van der Waals surface area contributed by atoms with Crippen LogP contribution < -0.4 is 10.1 Å². The smallest absolute Gasteiger partial charge is 0.250 e. The molecule has 1 atom stereocenters. The Labute approximate surface area is 232 Å². The highest BCUT2D eigenvalue weighted by Crippen LogP contribution is 2.28. The van der Waals surface area contributed by atoms with Gasteiger partial charge in [0.2, 0.25) is 11.7 Å². The van der Waals surface area contributed by atoms with Crippen LogP contribution in [0.1, 0.15) is 61.0 Å². The number of methoxy groups -OCH3 is 1. The Balaban J connectivity index is 1.45. The molecule has 11 nitrogen and oxygen atoms in total. The van der Waals surface area contributed by atoms with E-state index in [0.717, 1.165) is 31.2 Å². The predicted molar refractivity (Wildman–Crippen MR) is 145 cm³/mol. The summed E-state index contributed by atoms with van der Waals surface area (Å²) in [6.07, 6.45) is 5.14. The topological polar surface area (TPSA) is 129 Å². The molecule has 5 rings (SSSR count). The van der Waals surface area contributed by atoms with Gasteiger partial charge in [-0.15, -0.1) is 10.2 Å². The van der Waals surface area contributed by atoms with Crippen LogP contribution in [0, 0.1) is 13.8 Å². The molecule has 1 aliphatic carbocycles. The molecule has 0 radical (unpaired) electrons. The van der Waals surface area contributed by atoms with Crippen molar-refractivity contribution in [2.24, 2.45) is 0 Å². The lowest BCUT2D eigenvalue weighted by Gasteiger charge is -2.32. The molecule has 4 aromatic rings. The lowest BCUT2D eigenvalue weighted by molar-refractivity contribution is -0.143. The first-order chi connectivity index (χ1) is 19.4. The molecule has 1 aromatic carbocycles. The second kappa shape index (κ2) is 12.2. The molecule has 210 valence electrons.